The van der Waals surface area contributed by atoms with E-state index in [9.17, 15) is 4.79 Å². The number of rotatable bonds is 1. The van der Waals surface area contributed by atoms with Gasteiger partial charge in [-0.15, -0.1) is 10.9 Å². The molecule has 0 aromatic carbocycles. The van der Waals surface area contributed by atoms with Crippen molar-refractivity contribution < 1.29 is 9.90 Å². The quantitative estimate of drug-likeness (QED) is 0.317. The van der Waals surface area contributed by atoms with Gasteiger partial charge in [0.15, 0.2) is 0 Å². The van der Waals surface area contributed by atoms with Crippen molar-refractivity contribution in [2.75, 3.05) is 0 Å². The number of nitriles is 1. The van der Waals surface area contributed by atoms with E-state index in [4.69, 9.17) is 10.4 Å². The number of nitrogens with zero attached hydrogens (tertiary/aromatic N) is 1. The van der Waals surface area contributed by atoms with Crippen LogP contribution in [0, 0.1) is 10.7 Å². The second-order valence-electron chi connectivity index (χ2n) is 2.03. The number of hydrogen-bond acceptors (Lipinski definition) is 2. The van der Waals surface area contributed by atoms with Crippen LogP contribution in [0.5, 0.6) is 0 Å². The van der Waals surface area contributed by atoms with E-state index in [2.05, 4.69) is 0 Å². The highest BCUT2D eigenvalue weighted by molar-refractivity contribution is 8.29. The Balaban J connectivity index is 2.54. The zero-order chi connectivity index (χ0) is 7.02. The van der Waals surface area contributed by atoms with Crippen LogP contribution in [-0.4, -0.2) is 21.6 Å². The lowest BCUT2D eigenvalue weighted by Gasteiger charge is -1.80. The van der Waals surface area contributed by atoms with Gasteiger partial charge in [0.25, 0.3) is 0 Å². The summed E-state index contributed by atoms with van der Waals surface area (Å²) in [5.74, 6) is -0.810. The first-order chi connectivity index (χ1) is 4.18. The molecule has 0 aliphatic carbocycles. The summed E-state index contributed by atoms with van der Waals surface area (Å²) in [5.41, 5.74) is 0. The minimum absolute atomic E-state index is 0.127. The normalized spacial score (nSPS) is 43.3. The Morgan fingerprint density at radius 2 is 2.44 bits per heavy atom. The van der Waals surface area contributed by atoms with E-state index in [-0.39, 0.29) is 10.5 Å². The monoisotopic (exact) mass is 145 g/mol. The van der Waals surface area contributed by atoms with E-state index in [0.717, 1.165) is 0 Å². The van der Waals surface area contributed by atoms with Gasteiger partial charge in [-0.2, -0.15) is 5.26 Å². The Morgan fingerprint density at radius 3 is 2.56 bits per heavy atom. The number of thiocyanates is 1. The van der Waals surface area contributed by atoms with Crippen molar-refractivity contribution in [2.24, 2.45) is 0 Å². The third kappa shape index (κ3) is 0.879. The van der Waals surface area contributed by atoms with E-state index >= 15 is 0 Å². The summed E-state index contributed by atoms with van der Waals surface area (Å²) in [5, 5.41) is 18.5. The van der Waals surface area contributed by atoms with Gasteiger partial charge in [-0.05, 0) is 0 Å². The van der Waals surface area contributed by atoms with Gasteiger partial charge < -0.3 is 5.11 Å². The molecule has 4 heteroatoms. The molecular weight excluding hydrogens is 138 g/mol. The highest BCUT2D eigenvalue weighted by Crippen LogP contribution is 2.56. The van der Waals surface area contributed by atoms with Gasteiger partial charge >= 0.3 is 5.97 Å². The van der Waals surface area contributed by atoms with Gasteiger partial charge in [-0.1, -0.05) is 6.92 Å². The van der Waals surface area contributed by atoms with Crippen molar-refractivity contribution in [3.8, 4) is 5.40 Å². The van der Waals surface area contributed by atoms with Crippen molar-refractivity contribution in [1.82, 2.24) is 0 Å². The Kier molecular flexibility index (Phi) is 1.37. The van der Waals surface area contributed by atoms with Gasteiger partial charge in [-0.3, -0.25) is 4.79 Å². The summed E-state index contributed by atoms with van der Waals surface area (Å²) in [6, 6.07) is 0. The van der Waals surface area contributed by atoms with Crippen LogP contribution in [0.3, 0.4) is 0 Å². The van der Waals surface area contributed by atoms with Crippen LogP contribution >= 0.6 is 10.9 Å². The largest absolute Gasteiger partial charge is 0.480 e. The molecule has 0 saturated carbocycles. The second kappa shape index (κ2) is 1.92. The van der Waals surface area contributed by atoms with E-state index in [1.807, 2.05) is 12.3 Å². The summed E-state index contributed by atoms with van der Waals surface area (Å²) < 4.78 is 0. The van der Waals surface area contributed by atoms with Gasteiger partial charge in [0.2, 0.25) is 0 Å². The van der Waals surface area contributed by atoms with E-state index < -0.39 is 16.9 Å². The number of carboxylic acid groups (broad SMARTS) is 1. The molecule has 50 valence electrons. The second-order valence-corrected chi connectivity index (χ2v) is 4.42. The molecule has 3 nitrogen and oxygen atoms in total. The highest BCUT2D eigenvalue weighted by Gasteiger charge is 2.49. The first kappa shape index (κ1) is 6.43. The Hall–Kier alpha value is -0.690. The van der Waals surface area contributed by atoms with E-state index in [1.165, 1.54) is 0 Å². The number of aliphatic carboxylic acids is 1. The number of hydrogen-bond donors (Lipinski definition) is 2. The van der Waals surface area contributed by atoms with Gasteiger partial charge in [0.1, 0.15) is 10.7 Å². The Labute approximate surface area is 55.6 Å². The fourth-order valence-electron chi connectivity index (χ4n) is 0.827. The van der Waals surface area contributed by atoms with Gasteiger partial charge in [-0.25, -0.2) is 0 Å². The maximum absolute atomic E-state index is 10.2. The summed E-state index contributed by atoms with van der Waals surface area (Å²) in [7, 11) is -0.806. The lowest BCUT2D eigenvalue weighted by molar-refractivity contribution is -0.135. The SMILES string of the molecule is CC1C(C(=O)O)[SH]1C#N. The molecule has 1 aliphatic rings. The first-order valence-corrected chi connectivity index (χ1v) is 4.07. The Bertz CT molecular complexity index is 186. The molecule has 3 unspecified atom stereocenters. The molecule has 0 radical (unpaired) electrons. The lowest BCUT2D eigenvalue weighted by atomic mass is 10.4. The smallest absolute Gasteiger partial charge is 0.316 e. The molecule has 1 fully saturated rings. The van der Waals surface area contributed by atoms with Crippen LogP contribution in [-0.2, 0) is 4.79 Å². The molecule has 1 aliphatic heterocycles. The molecule has 0 amide bonds. The van der Waals surface area contributed by atoms with Crippen molar-refractivity contribution in [3.05, 3.63) is 0 Å². The lowest BCUT2D eigenvalue weighted by Crippen LogP contribution is -2.05. The van der Waals surface area contributed by atoms with Crippen molar-refractivity contribution in [2.45, 2.75) is 17.4 Å². The molecule has 1 rings (SSSR count). The van der Waals surface area contributed by atoms with Crippen LogP contribution in [0.4, 0.5) is 0 Å². The number of thiol groups is 1. The fraction of sp³-hybridized carbons (Fsp3) is 0.600. The summed E-state index contributed by atoms with van der Waals surface area (Å²) in [4.78, 5) is 10.2. The molecule has 1 heterocycles. The predicted molar refractivity (Wildman–Crippen MR) is 35.5 cm³/mol. The van der Waals surface area contributed by atoms with E-state index in [1.54, 1.807) is 0 Å². The average molecular weight is 145 g/mol. The first-order valence-electron chi connectivity index (χ1n) is 2.59. The molecule has 1 saturated heterocycles. The summed E-state index contributed by atoms with van der Waals surface area (Å²) in [6.45, 7) is 1.81. The van der Waals surface area contributed by atoms with Crippen LogP contribution in [0.15, 0.2) is 0 Å². The van der Waals surface area contributed by atoms with Crippen LogP contribution in [0.1, 0.15) is 6.92 Å². The maximum atomic E-state index is 10.2. The number of carbonyl (C=O) groups is 1. The zero-order valence-electron chi connectivity index (χ0n) is 4.90. The minimum Gasteiger partial charge on any atom is -0.480 e. The predicted octanol–water partition coefficient (Wildman–Crippen LogP) is 0.324. The van der Waals surface area contributed by atoms with Gasteiger partial charge in [0.05, 0.1) is 0 Å². The molecule has 0 bridgehead atoms. The molecule has 0 aromatic rings. The fourth-order valence-corrected chi connectivity index (χ4v) is 2.40. The van der Waals surface area contributed by atoms with Gasteiger partial charge in [0, 0.05) is 5.25 Å². The molecule has 1 N–H and O–H groups in total. The molecule has 0 aromatic heterocycles. The van der Waals surface area contributed by atoms with Crippen molar-refractivity contribution >= 4 is 16.9 Å². The molecule has 3 atom stereocenters. The van der Waals surface area contributed by atoms with Crippen molar-refractivity contribution in [1.29, 1.82) is 5.26 Å². The molecule has 9 heavy (non-hydrogen) atoms. The van der Waals surface area contributed by atoms with Crippen LogP contribution in [0.2, 0.25) is 0 Å². The molecular formula is C5H7NO2S. The van der Waals surface area contributed by atoms with Crippen molar-refractivity contribution in [3.63, 3.8) is 0 Å². The topological polar surface area (TPSA) is 61.1 Å². The highest BCUT2D eigenvalue weighted by atomic mass is 32.2. The summed E-state index contributed by atoms with van der Waals surface area (Å²) >= 11 is 0. The van der Waals surface area contributed by atoms with Crippen LogP contribution < -0.4 is 0 Å². The Morgan fingerprint density at radius 1 is 1.89 bits per heavy atom. The third-order valence-electron chi connectivity index (χ3n) is 1.47. The zero-order valence-corrected chi connectivity index (χ0v) is 5.80. The standard InChI is InChI=1S/C5H7NO2S/c1-3-4(5(7)8)9(3)2-6/h3-4,9H,1H3,(H,7,8). The number of carboxylic acids is 1. The maximum Gasteiger partial charge on any atom is 0.316 e. The molecule has 0 spiro atoms. The third-order valence-corrected chi connectivity index (χ3v) is 3.80. The summed E-state index contributed by atoms with van der Waals surface area (Å²) in [6.07, 6.45) is 0. The van der Waals surface area contributed by atoms with Crippen LogP contribution in [0.25, 0.3) is 0 Å². The minimum atomic E-state index is -0.810. The average Bonchev–Trinajstić information content (AvgIpc) is 2.40. The van der Waals surface area contributed by atoms with E-state index in [0.29, 0.717) is 0 Å².